The molecule has 1 aliphatic carbocycles. The van der Waals surface area contributed by atoms with Gasteiger partial charge in [-0.05, 0) is 62.6 Å². The highest BCUT2D eigenvalue weighted by Gasteiger charge is 2.22. The third-order valence-electron chi connectivity index (χ3n) is 6.24. The van der Waals surface area contributed by atoms with Crippen molar-refractivity contribution >= 4 is 17.6 Å². The van der Waals surface area contributed by atoms with Crippen molar-refractivity contribution in [2.24, 2.45) is 16.8 Å². The molecular weight excluding hydrogens is 376 g/mol. The Balaban J connectivity index is 1.54. The summed E-state index contributed by atoms with van der Waals surface area (Å²) in [6.45, 7) is 6.33. The van der Waals surface area contributed by atoms with Crippen LogP contribution in [0.3, 0.4) is 0 Å². The van der Waals surface area contributed by atoms with Gasteiger partial charge in [-0.3, -0.25) is 4.79 Å². The maximum absolute atomic E-state index is 12.4. The quantitative estimate of drug-likeness (QED) is 0.498. The molecule has 0 bridgehead atoms. The van der Waals surface area contributed by atoms with Gasteiger partial charge >= 0.3 is 0 Å². The molecule has 3 rings (SSSR count). The van der Waals surface area contributed by atoms with E-state index in [4.69, 9.17) is 9.73 Å². The molecule has 2 fully saturated rings. The lowest BCUT2D eigenvalue weighted by Gasteiger charge is -2.26. The summed E-state index contributed by atoms with van der Waals surface area (Å²) in [6.07, 6.45) is 7.88. The monoisotopic (exact) mass is 414 g/mol. The van der Waals surface area contributed by atoms with E-state index in [0.717, 1.165) is 62.3 Å². The smallest absolute Gasteiger partial charge is 0.227 e. The Morgan fingerprint density at radius 3 is 2.70 bits per heavy atom. The number of nitrogens with zero attached hydrogens (tertiary/aromatic N) is 2. The van der Waals surface area contributed by atoms with Crippen LogP contribution >= 0.6 is 0 Å². The summed E-state index contributed by atoms with van der Waals surface area (Å²) in [6, 6.07) is 8.07. The highest BCUT2D eigenvalue weighted by atomic mass is 16.5. The van der Waals surface area contributed by atoms with E-state index < -0.39 is 0 Å². The van der Waals surface area contributed by atoms with Gasteiger partial charge in [-0.2, -0.15) is 0 Å². The number of ether oxygens (including phenoxy) is 1. The molecule has 1 aromatic rings. The third-order valence-corrected chi connectivity index (χ3v) is 6.24. The van der Waals surface area contributed by atoms with E-state index in [2.05, 4.69) is 35.6 Å². The summed E-state index contributed by atoms with van der Waals surface area (Å²) >= 11 is 0. The largest absolute Gasteiger partial charge is 0.381 e. The summed E-state index contributed by atoms with van der Waals surface area (Å²) in [5.41, 5.74) is 1.98. The van der Waals surface area contributed by atoms with Crippen LogP contribution in [0.25, 0.3) is 0 Å². The minimum Gasteiger partial charge on any atom is -0.381 e. The van der Waals surface area contributed by atoms with E-state index in [-0.39, 0.29) is 11.8 Å². The number of hydrogen-bond donors (Lipinski definition) is 2. The molecule has 1 aliphatic heterocycles. The standard InChI is InChI=1S/C24H38N4O2/c1-3-25-24(28(2)14-11-19-12-15-30-16-13-19)26-18-20-7-6-10-22(17-20)27-23(29)21-8-4-5-9-21/h6-7,10,17,19,21H,3-5,8-9,11-16,18H2,1-2H3,(H,25,26)(H,27,29). The molecule has 2 aliphatic rings. The first-order chi connectivity index (χ1) is 14.7. The molecule has 166 valence electrons. The van der Waals surface area contributed by atoms with Crippen molar-refractivity contribution in [2.75, 3.05) is 38.7 Å². The van der Waals surface area contributed by atoms with Gasteiger partial charge in [0.05, 0.1) is 6.54 Å². The summed E-state index contributed by atoms with van der Waals surface area (Å²) < 4.78 is 5.47. The molecule has 0 unspecified atom stereocenters. The number of hydrogen-bond acceptors (Lipinski definition) is 3. The number of amides is 1. The van der Waals surface area contributed by atoms with Gasteiger partial charge in [0.25, 0.3) is 0 Å². The molecule has 1 amide bonds. The van der Waals surface area contributed by atoms with Crippen LogP contribution in [0.4, 0.5) is 5.69 Å². The normalized spacial score (nSPS) is 18.4. The van der Waals surface area contributed by atoms with Gasteiger partial charge in [0.1, 0.15) is 0 Å². The summed E-state index contributed by atoms with van der Waals surface area (Å²) in [5, 5.41) is 6.50. The number of anilines is 1. The van der Waals surface area contributed by atoms with Gasteiger partial charge in [-0.15, -0.1) is 0 Å². The zero-order chi connectivity index (χ0) is 21.2. The fraction of sp³-hybridized carbons (Fsp3) is 0.667. The lowest BCUT2D eigenvalue weighted by molar-refractivity contribution is -0.119. The van der Waals surface area contributed by atoms with Crippen LogP contribution in [0.2, 0.25) is 0 Å². The van der Waals surface area contributed by atoms with Gasteiger partial charge < -0.3 is 20.3 Å². The highest BCUT2D eigenvalue weighted by molar-refractivity contribution is 5.92. The van der Waals surface area contributed by atoms with Crippen LogP contribution in [0.1, 0.15) is 57.4 Å². The molecule has 2 N–H and O–H groups in total. The van der Waals surface area contributed by atoms with Gasteiger partial charge in [0.2, 0.25) is 5.91 Å². The zero-order valence-corrected chi connectivity index (χ0v) is 18.7. The summed E-state index contributed by atoms with van der Waals surface area (Å²) in [5.74, 6) is 2.03. The molecule has 0 atom stereocenters. The minimum atomic E-state index is 0.161. The Morgan fingerprint density at radius 2 is 1.97 bits per heavy atom. The van der Waals surface area contributed by atoms with Crippen LogP contribution in [0.5, 0.6) is 0 Å². The van der Waals surface area contributed by atoms with Crippen molar-refractivity contribution in [3.05, 3.63) is 29.8 Å². The van der Waals surface area contributed by atoms with Crippen molar-refractivity contribution in [1.29, 1.82) is 0 Å². The second-order valence-corrected chi connectivity index (χ2v) is 8.61. The van der Waals surface area contributed by atoms with Crippen molar-refractivity contribution in [3.8, 4) is 0 Å². The van der Waals surface area contributed by atoms with Crippen molar-refractivity contribution in [2.45, 2.75) is 58.4 Å². The predicted octanol–water partition coefficient (Wildman–Crippen LogP) is 4.03. The van der Waals surface area contributed by atoms with E-state index in [1.165, 1.54) is 32.1 Å². The molecule has 1 heterocycles. The van der Waals surface area contributed by atoms with Gasteiger partial charge in [0.15, 0.2) is 5.96 Å². The van der Waals surface area contributed by atoms with E-state index >= 15 is 0 Å². The predicted molar refractivity (Wildman–Crippen MR) is 123 cm³/mol. The average molecular weight is 415 g/mol. The van der Waals surface area contributed by atoms with Crippen molar-refractivity contribution in [1.82, 2.24) is 10.2 Å². The van der Waals surface area contributed by atoms with E-state index in [9.17, 15) is 4.79 Å². The Labute approximate surface area is 181 Å². The van der Waals surface area contributed by atoms with Crippen molar-refractivity contribution < 1.29 is 9.53 Å². The topological polar surface area (TPSA) is 66.0 Å². The molecule has 0 spiro atoms. The lowest BCUT2D eigenvalue weighted by Crippen LogP contribution is -2.40. The first kappa shape index (κ1) is 22.6. The molecular formula is C24H38N4O2. The maximum Gasteiger partial charge on any atom is 0.227 e. The number of carbonyl (C=O) groups is 1. The number of guanidine groups is 1. The first-order valence-corrected chi connectivity index (χ1v) is 11.6. The number of carbonyl (C=O) groups excluding carboxylic acids is 1. The second-order valence-electron chi connectivity index (χ2n) is 8.61. The number of aliphatic imine (C=N–C) groups is 1. The molecule has 6 nitrogen and oxygen atoms in total. The fourth-order valence-electron chi connectivity index (χ4n) is 4.33. The molecule has 0 radical (unpaired) electrons. The summed E-state index contributed by atoms with van der Waals surface area (Å²) in [7, 11) is 2.11. The van der Waals surface area contributed by atoms with Crippen molar-refractivity contribution in [3.63, 3.8) is 0 Å². The average Bonchev–Trinajstić information content (AvgIpc) is 3.31. The molecule has 1 aromatic carbocycles. The van der Waals surface area contributed by atoms with Crippen LogP contribution in [-0.4, -0.2) is 50.1 Å². The zero-order valence-electron chi connectivity index (χ0n) is 18.7. The summed E-state index contributed by atoms with van der Waals surface area (Å²) in [4.78, 5) is 19.5. The molecule has 1 saturated carbocycles. The SMILES string of the molecule is CCNC(=NCc1cccc(NC(=O)C2CCCC2)c1)N(C)CCC1CCOCC1. The fourth-order valence-corrected chi connectivity index (χ4v) is 4.33. The molecule has 6 heteroatoms. The molecule has 30 heavy (non-hydrogen) atoms. The Bertz CT molecular complexity index is 694. The minimum absolute atomic E-state index is 0.161. The Kier molecular flexibility index (Phi) is 9.00. The van der Waals surface area contributed by atoms with Gasteiger partial charge in [-0.25, -0.2) is 4.99 Å². The lowest BCUT2D eigenvalue weighted by atomic mass is 9.96. The Morgan fingerprint density at radius 1 is 1.20 bits per heavy atom. The first-order valence-electron chi connectivity index (χ1n) is 11.6. The van der Waals surface area contributed by atoms with E-state index in [1.807, 2.05) is 18.2 Å². The second kappa shape index (κ2) is 11.9. The van der Waals surface area contributed by atoms with Crippen LogP contribution in [-0.2, 0) is 16.1 Å². The number of rotatable bonds is 8. The number of nitrogens with one attached hydrogen (secondary N) is 2. The van der Waals surface area contributed by atoms with Crippen LogP contribution in [0.15, 0.2) is 29.3 Å². The number of benzene rings is 1. The van der Waals surface area contributed by atoms with E-state index in [1.54, 1.807) is 0 Å². The molecule has 0 aromatic heterocycles. The van der Waals surface area contributed by atoms with Gasteiger partial charge in [0, 0.05) is 45.0 Å². The molecule has 1 saturated heterocycles. The van der Waals surface area contributed by atoms with Crippen LogP contribution < -0.4 is 10.6 Å². The van der Waals surface area contributed by atoms with Crippen LogP contribution in [0, 0.1) is 11.8 Å². The van der Waals surface area contributed by atoms with E-state index in [0.29, 0.717) is 6.54 Å². The third kappa shape index (κ3) is 7.01. The van der Waals surface area contributed by atoms with Gasteiger partial charge in [-0.1, -0.05) is 25.0 Å². The highest BCUT2D eigenvalue weighted by Crippen LogP contribution is 2.26. The maximum atomic E-state index is 12.4. The Hall–Kier alpha value is -2.08.